The molecule has 1 heterocycles. The molecule has 2 N–H and O–H groups in total. The molecule has 3 aromatic carbocycles. The third-order valence-corrected chi connectivity index (χ3v) is 7.42. The number of amides is 3. The van der Waals surface area contributed by atoms with Crippen LogP contribution < -0.4 is 25.1 Å². The fourth-order valence-electron chi connectivity index (χ4n) is 3.89. The zero-order chi connectivity index (χ0) is 29.2. The van der Waals surface area contributed by atoms with Crippen LogP contribution in [0.5, 0.6) is 17.2 Å². The van der Waals surface area contributed by atoms with Crippen LogP contribution >= 0.6 is 24.0 Å². The number of hydrazine groups is 1. The Hall–Kier alpha value is -4.35. The molecule has 0 aliphatic carbocycles. The molecule has 9 nitrogen and oxygen atoms in total. The van der Waals surface area contributed by atoms with Gasteiger partial charge in [-0.05, 0) is 60.0 Å². The molecule has 1 aliphatic rings. The minimum absolute atomic E-state index is 0.0956. The number of thioether (sulfide) groups is 1. The molecule has 1 aliphatic heterocycles. The normalized spacial score (nSPS) is 13.7. The van der Waals surface area contributed by atoms with Crippen molar-refractivity contribution >= 4 is 52.1 Å². The second-order valence-corrected chi connectivity index (χ2v) is 10.5. The molecule has 212 valence electrons. The van der Waals surface area contributed by atoms with E-state index in [1.165, 1.54) is 16.7 Å². The van der Waals surface area contributed by atoms with Gasteiger partial charge in [-0.25, -0.2) is 0 Å². The molecule has 0 spiro atoms. The molecule has 0 unspecified atom stereocenters. The second-order valence-electron chi connectivity index (χ2n) is 8.85. The van der Waals surface area contributed by atoms with Gasteiger partial charge in [-0.3, -0.25) is 30.1 Å². The Morgan fingerprint density at radius 1 is 0.951 bits per heavy atom. The summed E-state index contributed by atoms with van der Waals surface area (Å²) in [5, 5.41) is 0. The second kappa shape index (κ2) is 14.3. The van der Waals surface area contributed by atoms with Gasteiger partial charge in [0.15, 0.2) is 11.5 Å². The van der Waals surface area contributed by atoms with Gasteiger partial charge in [0, 0.05) is 18.5 Å². The highest BCUT2D eigenvalue weighted by atomic mass is 32.2. The monoisotopic (exact) mass is 591 g/mol. The molecule has 3 amide bonds. The van der Waals surface area contributed by atoms with Gasteiger partial charge in [0.05, 0.1) is 19.1 Å². The van der Waals surface area contributed by atoms with E-state index in [1.807, 2.05) is 36.4 Å². The molecule has 11 heteroatoms. The zero-order valence-corrected chi connectivity index (χ0v) is 24.2. The molecule has 0 radical (unpaired) electrons. The van der Waals surface area contributed by atoms with E-state index in [0.29, 0.717) is 45.1 Å². The standard InChI is InChI=1S/C30H29N3O6S2/c1-37-24-15-10-21(17-25(24)38-2)18-26-29(36)33(30(40)41-26)16-6-9-27(34)31-32-28(35)22-11-13-23(14-12-22)39-19-20-7-4-3-5-8-20/h3-5,7-8,10-15,17-18H,6,9,16,19H2,1-2H3,(H,31,34)(H,32,35). The Kier molecular flexibility index (Phi) is 10.4. The first-order valence-electron chi connectivity index (χ1n) is 12.7. The van der Waals surface area contributed by atoms with Crippen LogP contribution in [0.25, 0.3) is 6.08 Å². The van der Waals surface area contributed by atoms with Gasteiger partial charge < -0.3 is 14.2 Å². The number of hydrogen-bond donors (Lipinski definition) is 2. The molecule has 0 atom stereocenters. The average molecular weight is 592 g/mol. The molecule has 0 aromatic heterocycles. The van der Waals surface area contributed by atoms with Crippen molar-refractivity contribution in [3.63, 3.8) is 0 Å². The van der Waals surface area contributed by atoms with E-state index in [2.05, 4.69) is 10.9 Å². The molecular weight excluding hydrogens is 562 g/mol. The van der Waals surface area contributed by atoms with E-state index >= 15 is 0 Å². The molecule has 0 saturated carbocycles. The first kappa shape index (κ1) is 29.6. The summed E-state index contributed by atoms with van der Waals surface area (Å²) in [6.45, 7) is 0.699. The molecule has 4 rings (SSSR count). The van der Waals surface area contributed by atoms with Gasteiger partial charge in [0.25, 0.3) is 11.8 Å². The van der Waals surface area contributed by atoms with Crippen molar-refractivity contribution < 1.29 is 28.6 Å². The lowest BCUT2D eigenvalue weighted by molar-refractivity contribution is -0.124. The van der Waals surface area contributed by atoms with Crippen LogP contribution in [0.2, 0.25) is 0 Å². The minimum Gasteiger partial charge on any atom is -0.493 e. The van der Waals surface area contributed by atoms with Crippen LogP contribution in [-0.4, -0.2) is 47.7 Å². The largest absolute Gasteiger partial charge is 0.493 e. The van der Waals surface area contributed by atoms with Crippen molar-refractivity contribution in [1.82, 2.24) is 15.8 Å². The number of carbonyl (C=O) groups excluding carboxylic acids is 3. The Bertz CT molecular complexity index is 1440. The van der Waals surface area contributed by atoms with Crippen molar-refractivity contribution in [1.29, 1.82) is 0 Å². The lowest BCUT2D eigenvalue weighted by Crippen LogP contribution is -2.41. The number of rotatable bonds is 11. The number of hydrogen-bond acceptors (Lipinski definition) is 8. The van der Waals surface area contributed by atoms with E-state index in [9.17, 15) is 14.4 Å². The third-order valence-electron chi connectivity index (χ3n) is 6.04. The predicted octanol–water partition coefficient (Wildman–Crippen LogP) is 4.73. The Morgan fingerprint density at radius 2 is 1.68 bits per heavy atom. The van der Waals surface area contributed by atoms with Crippen molar-refractivity contribution in [3.05, 3.63) is 94.4 Å². The topological polar surface area (TPSA) is 106 Å². The van der Waals surface area contributed by atoms with Crippen molar-refractivity contribution in [2.45, 2.75) is 19.4 Å². The van der Waals surface area contributed by atoms with Crippen molar-refractivity contribution in [2.75, 3.05) is 20.8 Å². The summed E-state index contributed by atoms with van der Waals surface area (Å²) >= 11 is 6.59. The molecule has 3 aromatic rings. The fraction of sp³-hybridized carbons (Fsp3) is 0.200. The van der Waals surface area contributed by atoms with Crippen molar-refractivity contribution in [3.8, 4) is 17.2 Å². The van der Waals surface area contributed by atoms with E-state index in [4.69, 9.17) is 26.4 Å². The number of benzene rings is 3. The molecule has 1 saturated heterocycles. The van der Waals surface area contributed by atoms with E-state index in [0.717, 1.165) is 11.1 Å². The van der Waals surface area contributed by atoms with Gasteiger partial charge in [0.2, 0.25) is 5.91 Å². The quantitative estimate of drug-likeness (QED) is 0.187. The lowest BCUT2D eigenvalue weighted by atomic mass is 10.2. The number of ether oxygens (including phenoxy) is 3. The van der Waals surface area contributed by atoms with E-state index in [-0.39, 0.29) is 24.8 Å². The SMILES string of the molecule is COc1ccc(C=C2SC(=S)N(CCCC(=O)NNC(=O)c3ccc(OCc4ccccc4)cc3)C2=O)cc1OC. The number of nitrogens with one attached hydrogen (secondary N) is 2. The summed E-state index contributed by atoms with van der Waals surface area (Å²) in [6, 6.07) is 21.7. The summed E-state index contributed by atoms with van der Waals surface area (Å²) in [7, 11) is 3.10. The number of thiocarbonyl (C=S) groups is 1. The highest BCUT2D eigenvalue weighted by Gasteiger charge is 2.31. The molecule has 41 heavy (non-hydrogen) atoms. The van der Waals surface area contributed by atoms with Crippen LogP contribution in [0.1, 0.15) is 34.3 Å². The maximum absolute atomic E-state index is 12.9. The molecular formula is C30H29N3O6S2. The maximum atomic E-state index is 12.9. The minimum atomic E-state index is -0.454. The summed E-state index contributed by atoms with van der Waals surface area (Å²) in [4.78, 5) is 39.6. The predicted molar refractivity (Wildman–Crippen MR) is 161 cm³/mol. The lowest BCUT2D eigenvalue weighted by Gasteiger charge is -2.14. The summed E-state index contributed by atoms with van der Waals surface area (Å²) < 4.78 is 16.7. The van der Waals surface area contributed by atoms with Crippen molar-refractivity contribution in [2.24, 2.45) is 0 Å². The summed E-state index contributed by atoms with van der Waals surface area (Å²) in [5.41, 5.74) is 7.00. The van der Waals surface area contributed by atoms with Crippen LogP contribution in [0.3, 0.4) is 0 Å². The Labute approximate surface area is 247 Å². The average Bonchev–Trinajstić information content (AvgIpc) is 3.26. The highest BCUT2D eigenvalue weighted by Crippen LogP contribution is 2.34. The number of carbonyl (C=O) groups is 3. The van der Waals surface area contributed by atoms with Crippen LogP contribution in [0, 0.1) is 0 Å². The first-order chi connectivity index (χ1) is 19.9. The van der Waals surface area contributed by atoms with Gasteiger partial charge >= 0.3 is 0 Å². The maximum Gasteiger partial charge on any atom is 0.269 e. The highest BCUT2D eigenvalue weighted by molar-refractivity contribution is 8.26. The fourth-order valence-corrected chi connectivity index (χ4v) is 5.20. The summed E-state index contributed by atoms with van der Waals surface area (Å²) in [6.07, 6.45) is 2.20. The van der Waals surface area contributed by atoms with Crippen LogP contribution in [0.15, 0.2) is 77.7 Å². The third kappa shape index (κ3) is 8.09. The molecule has 0 bridgehead atoms. The summed E-state index contributed by atoms with van der Waals surface area (Å²) in [5.74, 6) is 0.717. The van der Waals surface area contributed by atoms with E-state index < -0.39 is 5.91 Å². The zero-order valence-electron chi connectivity index (χ0n) is 22.5. The van der Waals surface area contributed by atoms with Gasteiger partial charge in [-0.15, -0.1) is 0 Å². The van der Waals surface area contributed by atoms with Gasteiger partial charge in [-0.2, -0.15) is 0 Å². The smallest absolute Gasteiger partial charge is 0.269 e. The number of methoxy groups -OCH3 is 2. The van der Waals surface area contributed by atoms with Gasteiger partial charge in [-0.1, -0.05) is 60.4 Å². The van der Waals surface area contributed by atoms with Crippen LogP contribution in [-0.2, 0) is 16.2 Å². The van der Waals surface area contributed by atoms with E-state index in [1.54, 1.807) is 56.7 Å². The van der Waals surface area contributed by atoms with Crippen LogP contribution in [0.4, 0.5) is 0 Å². The number of nitrogens with zero attached hydrogens (tertiary/aromatic N) is 1. The Morgan fingerprint density at radius 3 is 2.39 bits per heavy atom. The Balaban J connectivity index is 1.20. The molecule has 1 fully saturated rings. The first-order valence-corrected chi connectivity index (χ1v) is 13.9. The van der Waals surface area contributed by atoms with Gasteiger partial charge in [0.1, 0.15) is 16.7 Å².